The van der Waals surface area contributed by atoms with Gasteiger partial charge in [-0.2, -0.15) is 0 Å². The molecule has 1 aromatic heterocycles. The lowest BCUT2D eigenvalue weighted by atomic mass is 9.95. The average Bonchev–Trinajstić information content (AvgIpc) is 2.57. The number of nitrogens with two attached hydrogens (primary N) is 1. The zero-order valence-corrected chi connectivity index (χ0v) is 11.4. The highest BCUT2D eigenvalue weighted by atomic mass is 32.2. The van der Waals surface area contributed by atoms with Gasteiger partial charge in [0.1, 0.15) is 10.6 Å². The molecule has 0 saturated heterocycles. The summed E-state index contributed by atoms with van der Waals surface area (Å²) in [6, 6.07) is 0. The van der Waals surface area contributed by atoms with Gasteiger partial charge in [0.2, 0.25) is 10.0 Å². The van der Waals surface area contributed by atoms with E-state index in [0.717, 1.165) is 0 Å². The predicted octanol–water partition coefficient (Wildman–Crippen LogP) is 0.555. The van der Waals surface area contributed by atoms with Crippen molar-refractivity contribution in [3.63, 3.8) is 0 Å². The number of hydrogen-bond donors (Lipinski definition) is 2. The van der Waals surface area contributed by atoms with Crippen LogP contribution in [0.15, 0.2) is 9.42 Å². The molecule has 0 unspecified atom stereocenters. The van der Waals surface area contributed by atoms with Crippen molar-refractivity contribution in [1.82, 2.24) is 9.88 Å². The molecule has 0 aliphatic carbocycles. The first-order chi connectivity index (χ1) is 7.69. The number of aromatic nitrogens is 1. The molecule has 0 aliphatic heterocycles. The summed E-state index contributed by atoms with van der Waals surface area (Å²) in [5.41, 5.74) is 5.62. The summed E-state index contributed by atoms with van der Waals surface area (Å²) in [7, 11) is -3.58. The molecule has 3 N–H and O–H groups in total. The molecule has 6 nitrogen and oxygen atoms in total. The van der Waals surface area contributed by atoms with Crippen LogP contribution < -0.4 is 10.5 Å². The van der Waals surface area contributed by atoms with Gasteiger partial charge in [-0.1, -0.05) is 19.0 Å². The number of nitrogens with one attached hydrogen (secondary N) is 1. The van der Waals surface area contributed by atoms with Crippen molar-refractivity contribution in [2.75, 3.05) is 13.1 Å². The zero-order chi connectivity index (χ0) is 13.3. The van der Waals surface area contributed by atoms with Crippen molar-refractivity contribution in [1.29, 1.82) is 0 Å². The molecule has 0 aliphatic rings. The second-order valence-electron chi connectivity index (χ2n) is 4.85. The Labute approximate surface area is 102 Å². The fourth-order valence-corrected chi connectivity index (χ4v) is 2.86. The fourth-order valence-electron chi connectivity index (χ4n) is 1.29. The Bertz CT molecular complexity index is 471. The molecule has 1 rings (SSSR count). The standard InChI is InChI=1S/C10H19N3O3S/c1-7-9(8(2)16-13-7)17(14,15)12-6-10(3,4)5-11/h12H,5-6,11H2,1-4H3. The fraction of sp³-hybridized carbons (Fsp3) is 0.700. The van der Waals surface area contributed by atoms with Gasteiger partial charge >= 0.3 is 0 Å². The number of sulfonamides is 1. The Hall–Kier alpha value is -0.920. The maximum atomic E-state index is 12.0. The van der Waals surface area contributed by atoms with Gasteiger partial charge in [-0.15, -0.1) is 0 Å². The van der Waals surface area contributed by atoms with Gasteiger partial charge in [-0.05, 0) is 25.8 Å². The second-order valence-corrected chi connectivity index (χ2v) is 6.55. The van der Waals surface area contributed by atoms with Crippen molar-refractivity contribution >= 4 is 10.0 Å². The van der Waals surface area contributed by atoms with Gasteiger partial charge in [0.25, 0.3) is 0 Å². The Morgan fingerprint density at radius 2 is 2.00 bits per heavy atom. The molecule has 98 valence electrons. The van der Waals surface area contributed by atoms with E-state index in [1.807, 2.05) is 13.8 Å². The SMILES string of the molecule is Cc1noc(C)c1S(=O)(=O)NCC(C)(C)CN. The van der Waals surface area contributed by atoms with E-state index in [1.54, 1.807) is 13.8 Å². The minimum Gasteiger partial charge on any atom is -0.360 e. The second kappa shape index (κ2) is 4.75. The van der Waals surface area contributed by atoms with E-state index in [4.69, 9.17) is 10.3 Å². The maximum Gasteiger partial charge on any atom is 0.245 e. The van der Waals surface area contributed by atoms with Crippen LogP contribution in [0.4, 0.5) is 0 Å². The van der Waals surface area contributed by atoms with Gasteiger partial charge in [-0.3, -0.25) is 0 Å². The highest BCUT2D eigenvalue weighted by molar-refractivity contribution is 7.89. The molecule has 7 heteroatoms. The lowest BCUT2D eigenvalue weighted by molar-refractivity contribution is 0.375. The van der Waals surface area contributed by atoms with Crippen LogP contribution in [0.2, 0.25) is 0 Å². The highest BCUT2D eigenvalue weighted by Crippen LogP contribution is 2.19. The van der Waals surface area contributed by atoms with Crippen molar-refractivity contribution in [3.05, 3.63) is 11.5 Å². The van der Waals surface area contributed by atoms with Gasteiger partial charge in [-0.25, -0.2) is 13.1 Å². The molecule has 1 heterocycles. The molecule has 0 atom stereocenters. The third-order valence-corrected chi connectivity index (χ3v) is 4.17. The monoisotopic (exact) mass is 261 g/mol. The van der Waals surface area contributed by atoms with Gasteiger partial charge in [0, 0.05) is 6.54 Å². The molecule has 0 saturated carbocycles. The van der Waals surface area contributed by atoms with Crippen LogP contribution in [0.1, 0.15) is 25.3 Å². The van der Waals surface area contributed by atoms with Crippen LogP contribution in [0.3, 0.4) is 0 Å². The Kier molecular flexibility index (Phi) is 3.95. The molecule has 0 spiro atoms. The number of hydrogen-bond acceptors (Lipinski definition) is 5. The molecule has 0 fully saturated rings. The van der Waals surface area contributed by atoms with Crippen LogP contribution in [0, 0.1) is 19.3 Å². The number of rotatable bonds is 5. The van der Waals surface area contributed by atoms with E-state index < -0.39 is 10.0 Å². The summed E-state index contributed by atoms with van der Waals surface area (Å²) in [4.78, 5) is 0.116. The minimum atomic E-state index is -3.58. The van der Waals surface area contributed by atoms with E-state index in [0.29, 0.717) is 18.0 Å². The first kappa shape index (κ1) is 14.1. The largest absolute Gasteiger partial charge is 0.360 e. The topological polar surface area (TPSA) is 98.2 Å². The van der Waals surface area contributed by atoms with Crippen LogP contribution in [-0.4, -0.2) is 26.7 Å². The molecular weight excluding hydrogens is 242 g/mol. The lowest BCUT2D eigenvalue weighted by Crippen LogP contribution is -2.38. The van der Waals surface area contributed by atoms with E-state index in [2.05, 4.69) is 9.88 Å². The average molecular weight is 261 g/mol. The van der Waals surface area contributed by atoms with Gasteiger partial charge in [0.15, 0.2) is 5.76 Å². The van der Waals surface area contributed by atoms with E-state index in [9.17, 15) is 8.42 Å². The van der Waals surface area contributed by atoms with E-state index >= 15 is 0 Å². The van der Waals surface area contributed by atoms with E-state index in [1.165, 1.54) is 0 Å². The lowest BCUT2D eigenvalue weighted by Gasteiger charge is -2.22. The molecule has 0 radical (unpaired) electrons. The van der Waals surface area contributed by atoms with Crippen molar-refractivity contribution in [2.24, 2.45) is 11.1 Å². The third kappa shape index (κ3) is 3.27. The molecule has 1 aromatic rings. The molecular formula is C10H19N3O3S. The van der Waals surface area contributed by atoms with Crippen molar-refractivity contribution in [3.8, 4) is 0 Å². The van der Waals surface area contributed by atoms with Crippen molar-refractivity contribution < 1.29 is 12.9 Å². The smallest absolute Gasteiger partial charge is 0.245 e. The van der Waals surface area contributed by atoms with E-state index in [-0.39, 0.29) is 16.9 Å². The Morgan fingerprint density at radius 3 is 2.41 bits per heavy atom. The third-order valence-electron chi connectivity index (χ3n) is 2.53. The van der Waals surface area contributed by atoms with Crippen LogP contribution in [0.25, 0.3) is 0 Å². The summed E-state index contributed by atoms with van der Waals surface area (Å²) < 4.78 is 31.5. The Morgan fingerprint density at radius 1 is 1.41 bits per heavy atom. The number of nitrogens with zero attached hydrogens (tertiary/aromatic N) is 1. The van der Waals surface area contributed by atoms with Crippen LogP contribution in [0.5, 0.6) is 0 Å². The predicted molar refractivity (Wildman–Crippen MR) is 64.0 cm³/mol. The molecule has 17 heavy (non-hydrogen) atoms. The summed E-state index contributed by atoms with van der Waals surface area (Å²) >= 11 is 0. The van der Waals surface area contributed by atoms with Gasteiger partial charge < -0.3 is 10.3 Å². The quantitative estimate of drug-likeness (QED) is 0.806. The Balaban J connectivity index is 2.91. The van der Waals surface area contributed by atoms with Crippen LogP contribution in [-0.2, 0) is 10.0 Å². The maximum absolute atomic E-state index is 12.0. The summed E-state index contributed by atoms with van der Waals surface area (Å²) in [5, 5.41) is 3.63. The first-order valence-electron chi connectivity index (χ1n) is 5.32. The van der Waals surface area contributed by atoms with Crippen LogP contribution >= 0.6 is 0 Å². The highest BCUT2D eigenvalue weighted by Gasteiger charge is 2.26. The molecule has 0 bridgehead atoms. The normalized spacial score (nSPS) is 13.0. The zero-order valence-electron chi connectivity index (χ0n) is 10.6. The summed E-state index contributed by atoms with van der Waals surface area (Å²) in [5.74, 6) is 0.292. The van der Waals surface area contributed by atoms with Crippen molar-refractivity contribution in [2.45, 2.75) is 32.6 Å². The summed E-state index contributed by atoms with van der Waals surface area (Å²) in [6.07, 6.45) is 0. The minimum absolute atomic E-state index is 0.116. The molecule has 0 aromatic carbocycles. The number of aryl methyl sites for hydroxylation is 2. The first-order valence-corrected chi connectivity index (χ1v) is 6.80. The summed E-state index contributed by atoms with van der Waals surface area (Å²) in [6.45, 7) is 7.63. The molecule has 0 amide bonds. The van der Waals surface area contributed by atoms with Gasteiger partial charge in [0.05, 0.1) is 0 Å².